The van der Waals surface area contributed by atoms with Crippen LogP contribution in [-0.2, 0) is 6.18 Å². The van der Waals surface area contributed by atoms with Crippen LogP contribution in [0.4, 0.5) is 13.2 Å². The monoisotopic (exact) mass is 498 g/mol. The molecule has 0 spiro atoms. The van der Waals surface area contributed by atoms with Crippen molar-refractivity contribution >= 4 is 11.6 Å². The summed E-state index contributed by atoms with van der Waals surface area (Å²) in [6.07, 6.45) is 19.9. The normalized spacial score (nSPS) is 26.0. The number of rotatable bonds is 12. The summed E-state index contributed by atoms with van der Waals surface area (Å²) in [6, 6.07) is 3.92. The van der Waals surface area contributed by atoms with Crippen LogP contribution in [0.25, 0.3) is 0 Å². The SMILES string of the molecule is CCCCCCCCCCCC1CCC(C2CCC(c3ccc(C(F)(F)F)cc3Cl)CC2)CC1. The fourth-order valence-corrected chi connectivity index (χ4v) is 6.96. The minimum Gasteiger partial charge on any atom is -0.166 e. The topological polar surface area (TPSA) is 0 Å². The van der Waals surface area contributed by atoms with E-state index >= 15 is 0 Å². The standard InChI is InChI=1S/C30H46ClF3/c1-2-3-4-5-6-7-8-9-10-11-23-12-14-24(15-13-23)25-16-18-26(19-17-25)28-21-20-27(22-29(28)31)30(32,33)34/h20-26H,2-19H2,1H3. The van der Waals surface area contributed by atoms with Crippen LogP contribution in [0.2, 0.25) is 5.02 Å². The molecule has 2 aliphatic rings. The van der Waals surface area contributed by atoms with Gasteiger partial charge in [0.25, 0.3) is 0 Å². The lowest BCUT2D eigenvalue weighted by atomic mass is 9.68. The van der Waals surface area contributed by atoms with E-state index in [0.29, 0.717) is 5.92 Å². The molecular weight excluding hydrogens is 453 g/mol. The molecule has 0 aromatic heterocycles. The van der Waals surface area contributed by atoms with Crippen LogP contribution < -0.4 is 0 Å². The third-order valence-corrected chi connectivity index (χ3v) is 9.14. The molecule has 0 atom stereocenters. The number of unbranched alkanes of at least 4 members (excludes halogenated alkanes) is 8. The highest BCUT2D eigenvalue weighted by Gasteiger charge is 2.34. The first-order chi connectivity index (χ1) is 16.4. The first kappa shape index (κ1) is 27.9. The lowest BCUT2D eigenvalue weighted by Gasteiger charge is -2.38. The Morgan fingerprint density at radius 3 is 1.79 bits per heavy atom. The molecule has 0 radical (unpaired) electrons. The van der Waals surface area contributed by atoms with E-state index in [-0.39, 0.29) is 5.02 Å². The summed E-state index contributed by atoms with van der Waals surface area (Å²) < 4.78 is 38.8. The maximum absolute atomic E-state index is 12.9. The van der Waals surface area contributed by atoms with Gasteiger partial charge in [-0.15, -0.1) is 0 Å². The molecule has 1 aromatic rings. The molecule has 3 rings (SSSR count). The van der Waals surface area contributed by atoms with Crippen molar-refractivity contribution < 1.29 is 13.2 Å². The minimum atomic E-state index is -4.33. The van der Waals surface area contributed by atoms with Crippen molar-refractivity contribution in [2.24, 2.45) is 17.8 Å². The van der Waals surface area contributed by atoms with Crippen molar-refractivity contribution in [1.29, 1.82) is 0 Å². The zero-order valence-electron chi connectivity index (χ0n) is 21.3. The van der Waals surface area contributed by atoms with Gasteiger partial charge in [0.2, 0.25) is 0 Å². The highest BCUT2D eigenvalue weighted by Crippen LogP contribution is 2.46. The van der Waals surface area contributed by atoms with Gasteiger partial charge in [0.05, 0.1) is 5.56 Å². The van der Waals surface area contributed by atoms with Crippen LogP contribution in [0, 0.1) is 17.8 Å². The van der Waals surface area contributed by atoms with Gasteiger partial charge in [-0.2, -0.15) is 13.2 Å². The molecule has 0 unspecified atom stereocenters. The largest absolute Gasteiger partial charge is 0.416 e. The number of hydrogen-bond donors (Lipinski definition) is 0. The predicted molar refractivity (Wildman–Crippen MR) is 138 cm³/mol. The van der Waals surface area contributed by atoms with Crippen molar-refractivity contribution in [3.63, 3.8) is 0 Å². The van der Waals surface area contributed by atoms with Crippen LogP contribution in [0.1, 0.15) is 140 Å². The van der Waals surface area contributed by atoms with Gasteiger partial charge in [-0.3, -0.25) is 0 Å². The molecule has 0 bridgehead atoms. The molecule has 34 heavy (non-hydrogen) atoms. The van der Waals surface area contributed by atoms with Gasteiger partial charge in [-0.25, -0.2) is 0 Å². The van der Waals surface area contributed by atoms with Crippen LogP contribution in [0.5, 0.6) is 0 Å². The summed E-state index contributed by atoms with van der Waals surface area (Å²) in [7, 11) is 0. The summed E-state index contributed by atoms with van der Waals surface area (Å²) in [6.45, 7) is 2.28. The highest BCUT2D eigenvalue weighted by atomic mass is 35.5. The van der Waals surface area contributed by atoms with Crippen LogP contribution in [0.15, 0.2) is 18.2 Å². The van der Waals surface area contributed by atoms with Gasteiger partial charge in [0.15, 0.2) is 0 Å². The highest BCUT2D eigenvalue weighted by molar-refractivity contribution is 6.31. The van der Waals surface area contributed by atoms with E-state index in [1.807, 2.05) is 0 Å². The quantitative estimate of drug-likeness (QED) is 0.251. The molecule has 2 saturated carbocycles. The molecule has 2 aliphatic carbocycles. The zero-order valence-corrected chi connectivity index (χ0v) is 22.0. The Labute approximate surface area is 211 Å². The van der Waals surface area contributed by atoms with Crippen LogP contribution in [-0.4, -0.2) is 0 Å². The van der Waals surface area contributed by atoms with E-state index in [9.17, 15) is 13.2 Å². The number of hydrogen-bond acceptors (Lipinski definition) is 0. The molecule has 1 aromatic carbocycles. The summed E-state index contributed by atoms with van der Waals surface area (Å²) in [4.78, 5) is 0. The Morgan fingerprint density at radius 2 is 1.26 bits per heavy atom. The maximum atomic E-state index is 12.9. The Balaban J connectivity index is 1.30. The zero-order chi connectivity index (χ0) is 24.4. The summed E-state index contributed by atoms with van der Waals surface area (Å²) in [5.74, 6) is 2.93. The van der Waals surface area contributed by atoms with E-state index in [0.717, 1.165) is 42.2 Å². The van der Waals surface area contributed by atoms with E-state index in [1.54, 1.807) is 6.07 Å². The first-order valence-electron chi connectivity index (χ1n) is 14.2. The maximum Gasteiger partial charge on any atom is 0.416 e. The molecule has 194 valence electrons. The molecule has 0 N–H and O–H groups in total. The molecule has 0 saturated heterocycles. The van der Waals surface area contributed by atoms with E-state index in [4.69, 9.17) is 11.6 Å². The lowest BCUT2D eigenvalue weighted by molar-refractivity contribution is -0.137. The van der Waals surface area contributed by atoms with E-state index in [1.165, 1.54) is 109 Å². The summed E-state index contributed by atoms with van der Waals surface area (Å²) in [5.41, 5.74) is 0.270. The number of alkyl halides is 3. The number of halogens is 4. The smallest absolute Gasteiger partial charge is 0.166 e. The van der Waals surface area contributed by atoms with Gasteiger partial charge >= 0.3 is 6.18 Å². The summed E-state index contributed by atoms with van der Waals surface area (Å²) >= 11 is 6.27. The molecule has 4 heteroatoms. The van der Waals surface area contributed by atoms with Crippen molar-refractivity contribution in [3.8, 4) is 0 Å². The van der Waals surface area contributed by atoms with Gasteiger partial charge in [0, 0.05) is 5.02 Å². The second-order valence-electron chi connectivity index (χ2n) is 11.2. The Morgan fingerprint density at radius 1 is 0.735 bits per heavy atom. The summed E-state index contributed by atoms with van der Waals surface area (Å²) in [5, 5.41) is 0.287. The molecular formula is C30H46ClF3. The molecule has 0 amide bonds. The second kappa shape index (κ2) is 14.1. The first-order valence-corrected chi connectivity index (χ1v) is 14.6. The van der Waals surface area contributed by atoms with E-state index in [2.05, 4.69) is 6.92 Å². The molecule has 0 aliphatic heterocycles. The lowest BCUT2D eigenvalue weighted by Crippen LogP contribution is -2.25. The van der Waals surface area contributed by atoms with Gasteiger partial charge in [-0.1, -0.05) is 102 Å². The Hall–Kier alpha value is -0.700. The minimum absolute atomic E-state index is 0.287. The fraction of sp³-hybridized carbons (Fsp3) is 0.800. The molecule has 0 heterocycles. The Kier molecular flexibility index (Phi) is 11.6. The van der Waals surface area contributed by atoms with E-state index < -0.39 is 11.7 Å². The fourth-order valence-electron chi connectivity index (χ4n) is 6.63. The van der Waals surface area contributed by atoms with Gasteiger partial charge in [-0.05, 0) is 79.9 Å². The van der Waals surface area contributed by atoms with Crippen LogP contribution >= 0.6 is 11.6 Å². The average Bonchev–Trinajstić information content (AvgIpc) is 2.83. The third-order valence-electron chi connectivity index (χ3n) is 8.81. The second-order valence-corrected chi connectivity index (χ2v) is 11.7. The van der Waals surface area contributed by atoms with Crippen molar-refractivity contribution in [1.82, 2.24) is 0 Å². The van der Waals surface area contributed by atoms with Crippen LogP contribution in [0.3, 0.4) is 0 Å². The third kappa shape index (κ3) is 8.75. The van der Waals surface area contributed by atoms with Crippen molar-refractivity contribution in [2.45, 2.75) is 135 Å². The average molecular weight is 499 g/mol. The molecule has 2 fully saturated rings. The molecule has 0 nitrogen and oxygen atoms in total. The Bertz CT molecular complexity index is 697. The predicted octanol–water partition coefficient (Wildman–Crippen LogP) is 11.4. The van der Waals surface area contributed by atoms with Crippen molar-refractivity contribution in [3.05, 3.63) is 34.3 Å². The number of benzene rings is 1. The van der Waals surface area contributed by atoms with Crippen molar-refractivity contribution in [2.75, 3.05) is 0 Å². The van der Waals surface area contributed by atoms with Gasteiger partial charge in [0.1, 0.15) is 0 Å². The van der Waals surface area contributed by atoms with Gasteiger partial charge < -0.3 is 0 Å².